The van der Waals surface area contributed by atoms with Crippen LogP contribution < -0.4 is 9.13 Å². The van der Waals surface area contributed by atoms with Crippen molar-refractivity contribution in [3.8, 4) is 0 Å². The highest BCUT2D eigenvalue weighted by Crippen LogP contribution is 1.80. The highest BCUT2D eigenvalue weighted by atomic mass is 32.2. The van der Waals surface area contributed by atoms with Crippen LogP contribution >= 0.6 is 0 Å². The molecule has 8 nitrogen and oxygen atoms in total. The average Bonchev–Trinajstić information content (AvgIpc) is 2.61. The van der Waals surface area contributed by atoms with E-state index in [0.29, 0.717) is 0 Å². The van der Waals surface area contributed by atoms with Crippen LogP contribution in [0, 0.1) is 0 Å². The molecule has 0 bridgehead atoms. The third-order valence-corrected chi connectivity index (χ3v) is 4.10. The Hall–Kier alpha value is -2.40. The van der Waals surface area contributed by atoms with E-state index in [1.807, 2.05) is 12.1 Å². The Morgan fingerprint density at radius 3 is 1.11 bits per heavy atom. The van der Waals surface area contributed by atoms with Gasteiger partial charge in [-0.25, -0.2) is 16.8 Å². The predicted molar refractivity (Wildman–Crippen MR) is 103 cm³/mol. The zero-order valence-electron chi connectivity index (χ0n) is 15.3. The molecular formula is C18H24N2O6S2. The zero-order valence-corrected chi connectivity index (χ0v) is 17.0. The average molecular weight is 429 g/mol. The van der Waals surface area contributed by atoms with Gasteiger partial charge in [0.2, 0.25) is 13.1 Å². The van der Waals surface area contributed by atoms with Gasteiger partial charge in [-0.1, -0.05) is 24.3 Å². The lowest BCUT2D eigenvalue weighted by atomic mass is 10.4. The summed E-state index contributed by atoms with van der Waals surface area (Å²) < 4.78 is 62.0. The van der Waals surface area contributed by atoms with E-state index >= 15 is 0 Å². The minimum absolute atomic E-state index is 0.479. The molecule has 0 saturated heterocycles. The van der Waals surface area contributed by atoms with E-state index in [9.17, 15) is 25.9 Å². The van der Waals surface area contributed by atoms with E-state index in [1.165, 1.54) is 0 Å². The topological polar surface area (TPSA) is 122 Å². The Balaban J connectivity index is 0.000000444. The molecule has 0 amide bonds. The standard InChI is InChI=1S/C12H14N2.2C3H6O3S/c1-3-7-13(8-4-1)11-12-14-9-5-2-6-10-14;2*1-2-3-7(4,5)6/h1-10H,11-12H2;2*2H,1,3H2,(H,4,5,6)/q+2;;/p-2. The molecule has 2 heterocycles. The van der Waals surface area contributed by atoms with E-state index in [4.69, 9.17) is 0 Å². The first-order valence-electron chi connectivity index (χ1n) is 8.04. The van der Waals surface area contributed by atoms with Crippen molar-refractivity contribution in [2.45, 2.75) is 13.1 Å². The lowest BCUT2D eigenvalue weighted by molar-refractivity contribution is -0.778. The summed E-state index contributed by atoms with van der Waals surface area (Å²) >= 11 is 0. The van der Waals surface area contributed by atoms with Gasteiger partial charge < -0.3 is 9.11 Å². The van der Waals surface area contributed by atoms with Crippen LogP contribution in [0.4, 0.5) is 0 Å². The number of aryl methyl sites for hydroxylation is 2. The summed E-state index contributed by atoms with van der Waals surface area (Å²) in [6.07, 6.45) is 10.5. The van der Waals surface area contributed by atoms with Crippen LogP contribution in [0.3, 0.4) is 0 Å². The molecule has 0 aromatic carbocycles. The molecule has 0 radical (unpaired) electrons. The Kier molecular flexibility index (Phi) is 12.5. The van der Waals surface area contributed by atoms with Crippen molar-refractivity contribution in [2.24, 2.45) is 0 Å². The first-order chi connectivity index (χ1) is 13.1. The third kappa shape index (κ3) is 17.0. The van der Waals surface area contributed by atoms with E-state index in [2.05, 4.69) is 71.3 Å². The molecule has 10 heteroatoms. The van der Waals surface area contributed by atoms with Crippen LogP contribution in [0.15, 0.2) is 86.5 Å². The first kappa shape index (κ1) is 25.6. The summed E-state index contributed by atoms with van der Waals surface area (Å²) in [5, 5.41) is 0. The molecule has 2 aromatic rings. The Morgan fingerprint density at radius 2 is 0.929 bits per heavy atom. The second-order valence-electron chi connectivity index (χ2n) is 5.25. The van der Waals surface area contributed by atoms with Crippen LogP contribution in [0.25, 0.3) is 0 Å². The van der Waals surface area contributed by atoms with Crippen molar-refractivity contribution in [1.29, 1.82) is 0 Å². The summed E-state index contributed by atoms with van der Waals surface area (Å²) in [6.45, 7) is 8.15. The summed E-state index contributed by atoms with van der Waals surface area (Å²) in [5.74, 6) is -0.958. The zero-order chi connectivity index (χ0) is 21.5. The van der Waals surface area contributed by atoms with Crippen LogP contribution in [-0.4, -0.2) is 37.4 Å². The summed E-state index contributed by atoms with van der Waals surface area (Å²) in [7, 11) is -8.08. The maximum absolute atomic E-state index is 9.60. The molecule has 0 aliphatic carbocycles. The van der Waals surface area contributed by atoms with Gasteiger partial charge in [0.15, 0.2) is 24.8 Å². The van der Waals surface area contributed by atoms with Crippen molar-refractivity contribution in [1.82, 2.24) is 0 Å². The van der Waals surface area contributed by atoms with Gasteiger partial charge in [-0.05, 0) is 0 Å². The Morgan fingerprint density at radius 1 is 0.643 bits per heavy atom. The highest BCUT2D eigenvalue weighted by molar-refractivity contribution is 7.86. The minimum atomic E-state index is -4.04. The van der Waals surface area contributed by atoms with Crippen LogP contribution in [-0.2, 0) is 33.3 Å². The molecule has 0 unspecified atom stereocenters. The number of aromatic nitrogens is 2. The van der Waals surface area contributed by atoms with Gasteiger partial charge >= 0.3 is 0 Å². The Bertz CT molecular complexity index is 822. The lowest BCUT2D eigenvalue weighted by Crippen LogP contribution is -2.43. The van der Waals surface area contributed by atoms with Crippen molar-refractivity contribution >= 4 is 20.2 Å². The van der Waals surface area contributed by atoms with Crippen molar-refractivity contribution < 1.29 is 35.1 Å². The predicted octanol–water partition coefficient (Wildman–Crippen LogP) is 0.397. The fourth-order valence-electron chi connectivity index (χ4n) is 1.69. The van der Waals surface area contributed by atoms with Crippen molar-refractivity contribution in [2.75, 3.05) is 11.5 Å². The van der Waals surface area contributed by atoms with Gasteiger partial charge in [-0.2, -0.15) is 9.13 Å². The maximum atomic E-state index is 9.60. The monoisotopic (exact) mass is 428 g/mol. The van der Waals surface area contributed by atoms with Gasteiger partial charge in [0.1, 0.15) is 0 Å². The molecule has 2 rings (SSSR count). The van der Waals surface area contributed by atoms with Crippen LogP contribution in [0.2, 0.25) is 0 Å². The quantitative estimate of drug-likeness (QED) is 0.357. The molecule has 0 fully saturated rings. The second-order valence-corrected chi connectivity index (χ2v) is 8.15. The smallest absolute Gasteiger partial charge is 0.206 e. The summed E-state index contributed by atoms with van der Waals surface area (Å²) in [5.41, 5.74) is 0. The first-order valence-corrected chi connectivity index (χ1v) is 11.2. The van der Waals surface area contributed by atoms with Gasteiger partial charge in [0.05, 0.1) is 31.7 Å². The van der Waals surface area contributed by atoms with Crippen LogP contribution in [0.1, 0.15) is 0 Å². The fourth-order valence-corrected chi connectivity index (χ4v) is 2.26. The molecule has 0 spiro atoms. The SMILES string of the molecule is C=CCS(=O)(=O)[O-].C=CCS(=O)(=O)[O-].c1cc[n+](CC[n+]2ccccc2)cc1. The van der Waals surface area contributed by atoms with E-state index in [1.54, 1.807) is 0 Å². The molecule has 2 aromatic heterocycles. The second kappa shape index (κ2) is 13.7. The number of nitrogens with zero attached hydrogens (tertiary/aromatic N) is 2. The van der Waals surface area contributed by atoms with E-state index in [-0.39, 0.29) is 0 Å². The fraction of sp³-hybridized carbons (Fsp3) is 0.222. The number of hydrogen-bond acceptors (Lipinski definition) is 6. The lowest BCUT2D eigenvalue weighted by Gasteiger charge is -1.98. The van der Waals surface area contributed by atoms with Crippen molar-refractivity contribution in [3.05, 3.63) is 86.5 Å². The Labute approximate surface area is 166 Å². The molecular weight excluding hydrogens is 404 g/mol. The summed E-state index contributed by atoms with van der Waals surface area (Å²) in [6, 6.07) is 12.3. The van der Waals surface area contributed by atoms with E-state index < -0.39 is 31.7 Å². The van der Waals surface area contributed by atoms with Gasteiger partial charge in [0, 0.05) is 24.3 Å². The number of pyridine rings is 2. The molecule has 0 aliphatic rings. The molecule has 0 N–H and O–H groups in total. The van der Waals surface area contributed by atoms with Crippen LogP contribution in [0.5, 0.6) is 0 Å². The van der Waals surface area contributed by atoms with Gasteiger partial charge in [0.25, 0.3) is 0 Å². The minimum Gasteiger partial charge on any atom is -0.748 e. The van der Waals surface area contributed by atoms with Gasteiger partial charge in [-0.3, -0.25) is 0 Å². The number of rotatable bonds is 7. The molecule has 28 heavy (non-hydrogen) atoms. The highest BCUT2D eigenvalue weighted by Gasteiger charge is 2.02. The van der Waals surface area contributed by atoms with Crippen molar-refractivity contribution in [3.63, 3.8) is 0 Å². The molecule has 0 saturated carbocycles. The van der Waals surface area contributed by atoms with E-state index in [0.717, 1.165) is 25.2 Å². The molecule has 154 valence electrons. The maximum Gasteiger partial charge on any atom is 0.206 e. The summed E-state index contributed by atoms with van der Waals surface area (Å²) in [4.78, 5) is 0. The largest absolute Gasteiger partial charge is 0.748 e. The normalized spacial score (nSPS) is 10.5. The van der Waals surface area contributed by atoms with Gasteiger partial charge in [-0.15, -0.1) is 13.2 Å². The number of hydrogen-bond donors (Lipinski definition) is 0. The molecule has 0 aliphatic heterocycles. The molecule has 0 atom stereocenters. The third-order valence-electron chi connectivity index (χ3n) is 2.81.